The number of rotatable bonds is 3. The van der Waals surface area contributed by atoms with Crippen molar-refractivity contribution in [3.63, 3.8) is 0 Å². The van der Waals surface area contributed by atoms with Crippen molar-refractivity contribution in [3.05, 3.63) is 34.3 Å². The van der Waals surface area contributed by atoms with Crippen molar-refractivity contribution in [3.8, 4) is 0 Å². The first-order valence-electron chi connectivity index (χ1n) is 4.94. The maximum Gasteiger partial charge on any atom is 0.134 e. The number of carbonyl (C=O) groups is 1. The van der Waals surface area contributed by atoms with E-state index in [-0.39, 0.29) is 5.78 Å². The van der Waals surface area contributed by atoms with Crippen LogP contribution in [-0.4, -0.2) is 5.78 Å². The fourth-order valence-electron chi connectivity index (χ4n) is 1.67. The molecule has 0 amide bonds. The van der Waals surface area contributed by atoms with E-state index in [1.54, 1.807) is 6.92 Å². The van der Waals surface area contributed by atoms with Gasteiger partial charge in [-0.15, -0.1) is 0 Å². The third-order valence-corrected chi connectivity index (χ3v) is 2.93. The largest absolute Gasteiger partial charge is 0.300 e. The van der Waals surface area contributed by atoms with E-state index in [1.165, 1.54) is 18.4 Å². The van der Waals surface area contributed by atoms with Crippen molar-refractivity contribution in [1.29, 1.82) is 0 Å². The van der Waals surface area contributed by atoms with Gasteiger partial charge in [-0.1, -0.05) is 23.7 Å². The Bertz CT molecular complexity index is 367. The summed E-state index contributed by atoms with van der Waals surface area (Å²) in [5.41, 5.74) is 2.31. The summed E-state index contributed by atoms with van der Waals surface area (Å²) in [5, 5.41) is 0.713. The Morgan fingerprint density at radius 1 is 1.50 bits per heavy atom. The highest BCUT2D eigenvalue weighted by atomic mass is 35.5. The van der Waals surface area contributed by atoms with Crippen molar-refractivity contribution < 1.29 is 4.79 Å². The summed E-state index contributed by atoms with van der Waals surface area (Å²) < 4.78 is 0. The first kappa shape index (κ1) is 9.72. The van der Waals surface area contributed by atoms with E-state index < -0.39 is 0 Å². The minimum absolute atomic E-state index is 0.167. The summed E-state index contributed by atoms with van der Waals surface area (Å²) in [6.45, 7) is 1.60. The van der Waals surface area contributed by atoms with Crippen molar-refractivity contribution in [1.82, 2.24) is 0 Å². The molecular formula is C12H13ClO. The van der Waals surface area contributed by atoms with Gasteiger partial charge in [-0.3, -0.25) is 4.79 Å². The van der Waals surface area contributed by atoms with E-state index in [2.05, 4.69) is 12.1 Å². The predicted molar refractivity (Wildman–Crippen MR) is 57.8 cm³/mol. The molecule has 14 heavy (non-hydrogen) atoms. The van der Waals surface area contributed by atoms with E-state index in [9.17, 15) is 4.79 Å². The van der Waals surface area contributed by atoms with Crippen LogP contribution in [0.2, 0.25) is 5.02 Å². The van der Waals surface area contributed by atoms with Gasteiger partial charge in [0.05, 0.1) is 0 Å². The van der Waals surface area contributed by atoms with E-state index >= 15 is 0 Å². The lowest BCUT2D eigenvalue weighted by Gasteiger charge is -2.05. The van der Waals surface area contributed by atoms with E-state index in [0.717, 1.165) is 11.5 Å². The van der Waals surface area contributed by atoms with Crippen molar-refractivity contribution >= 4 is 17.4 Å². The van der Waals surface area contributed by atoms with Crippen LogP contribution in [-0.2, 0) is 11.2 Å². The topological polar surface area (TPSA) is 17.1 Å². The van der Waals surface area contributed by atoms with Gasteiger partial charge in [0, 0.05) is 11.4 Å². The van der Waals surface area contributed by atoms with Crippen LogP contribution < -0.4 is 0 Å². The molecule has 2 rings (SSSR count). The van der Waals surface area contributed by atoms with E-state index in [1.807, 2.05) is 6.07 Å². The highest BCUT2D eigenvalue weighted by molar-refractivity contribution is 6.31. The Balaban J connectivity index is 2.26. The lowest BCUT2D eigenvalue weighted by atomic mass is 10.0. The molecule has 0 N–H and O–H groups in total. The van der Waals surface area contributed by atoms with Crippen LogP contribution in [0.4, 0.5) is 0 Å². The number of halogens is 1. The molecule has 0 radical (unpaired) electrons. The quantitative estimate of drug-likeness (QED) is 0.745. The Labute approximate surface area is 89.1 Å². The summed E-state index contributed by atoms with van der Waals surface area (Å²) in [6.07, 6.45) is 3.02. The molecule has 1 aromatic rings. The van der Waals surface area contributed by atoms with E-state index in [4.69, 9.17) is 11.6 Å². The molecular weight excluding hydrogens is 196 g/mol. The Hall–Kier alpha value is -0.820. The Kier molecular flexibility index (Phi) is 2.60. The lowest BCUT2D eigenvalue weighted by Crippen LogP contribution is -1.98. The van der Waals surface area contributed by atoms with Gasteiger partial charge in [0.25, 0.3) is 0 Å². The first-order valence-corrected chi connectivity index (χ1v) is 5.32. The van der Waals surface area contributed by atoms with Crippen molar-refractivity contribution in [2.24, 2.45) is 0 Å². The van der Waals surface area contributed by atoms with Crippen LogP contribution in [0, 0.1) is 0 Å². The van der Waals surface area contributed by atoms with Gasteiger partial charge in [-0.05, 0) is 42.9 Å². The fourth-order valence-corrected chi connectivity index (χ4v) is 1.85. The Morgan fingerprint density at radius 3 is 2.79 bits per heavy atom. The first-order chi connectivity index (χ1) is 6.66. The fraction of sp³-hybridized carbons (Fsp3) is 0.417. The molecule has 0 unspecified atom stereocenters. The van der Waals surface area contributed by atoms with Crippen LogP contribution in [0.1, 0.15) is 36.8 Å². The molecule has 0 saturated heterocycles. The van der Waals surface area contributed by atoms with Gasteiger partial charge < -0.3 is 0 Å². The van der Waals surface area contributed by atoms with Gasteiger partial charge in [0.2, 0.25) is 0 Å². The molecule has 1 aliphatic rings. The normalized spacial score (nSPS) is 15.6. The number of hydrogen-bond acceptors (Lipinski definition) is 1. The molecule has 0 bridgehead atoms. The van der Waals surface area contributed by atoms with Gasteiger partial charge >= 0.3 is 0 Å². The molecule has 1 saturated carbocycles. The van der Waals surface area contributed by atoms with Crippen LogP contribution >= 0.6 is 11.6 Å². The van der Waals surface area contributed by atoms with Gasteiger partial charge in [0.1, 0.15) is 5.78 Å². The second-order valence-electron chi connectivity index (χ2n) is 4.00. The number of ketones is 1. The minimum atomic E-state index is 0.167. The van der Waals surface area contributed by atoms with Gasteiger partial charge in [-0.25, -0.2) is 0 Å². The Morgan fingerprint density at radius 2 is 2.21 bits per heavy atom. The zero-order valence-electron chi connectivity index (χ0n) is 8.22. The van der Waals surface area contributed by atoms with Crippen molar-refractivity contribution in [2.45, 2.75) is 32.1 Å². The third kappa shape index (κ3) is 2.16. The minimum Gasteiger partial charge on any atom is -0.300 e. The molecule has 0 aliphatic heterocycles. The number of benzene rings is 1. The summed E-state index contributed by atoms with van der Waals surface area (Å²) in [5.74, 6) is 0.887. The standard InChI is InChI=1S/C12H13ClO/c1-8(14)6-11-7-10(9-2-3-9)4-5-12(11)13/h4-5,7,9H,2-3,6H2,1H3. The van der Waals surface area contributed by atoms with Crippen molar-refractivity contribution in [2.75, 3.05) is 0 Å². The zero-order valence-corrected chi connectivity index (χ0v) is 8.97. The number of carbonyl (C=O) groups excluding carboxylic acids is 1. The number of Topliss-reactive ketones (excluding diaryl/α,β-unsaturated/α-hetero) is 1. The average molecular weight is 209 g/mol. The molecule has 0 atom stereocenters. The molecule has 0 spiro atoms. The second kappa shape index (κ2) is 3.74. The summed E-state index contributed by atoms with van der Waals surface area (Å²) >= 11 is 6.01. The lowest BCUT2D eigenvalue weighted by molar-refractivity contribution is -0.116. The SMILES string of the molecule is CC(=O)Cc1cc(C2CC2)ccc1Cl. The van der Waals surface area contributed by atoms with Gasteiger partial charge in [0.15, 0.2) is 0 Å². The average Bonchev–Trinajstić information content (AvgIpc) is 2.91. The molecule has 1 nitrogen and oxygen atoms in total. The molecule has 74 valence electrons. The number of hydrogen-bond donors (Lipinski definition) is 0. The zero-order chi connectivity index (χ0) is 10.1. The summed E-state index contributed by atoms with van der Waals surface area (Å²) in [6, 6.07) is 6.07. The van der Waals surface area contributed by atoms with Crippen LogP contribution in [0.5, 0.6) is 0 Å². The van der Waals surface area contributed by atoms with Gasteiger partial charge in [-0.2, -0.15) is 0 Å². The summed E-state index contributed by atoms with van der Waals surface area (Å²) in [7, 11) is 0. The molecule has 1 aliphatic carbocycles. The van der Waals surface area contributed by atoms with Crippen LogP contribution in [0.15, 0.2) is 18.2 Å². The summed E-state index contributed by atoms with van der Waals surface area (Å²) in [4.78, 5) is 11.0. The molecule has 2 heteroatoms. The predicted octanol–water partition coefficient (Wildman–Crippen LogP) is 3.35. The second-order valence-corrected chi connectivity index (χ2v) is 4.41. The molecule has 0 heterocycles. The third-order valence-electron chi connectivity index (χ3n) is 2.56. The highest BCUT2D eigenvalue weighted by Gasteiger charge is 2.23. The molecule has 1 aromatic carbocycles. The van der Waals surface area contributed by atoms with E-state index in [0.29, 0.717) is 11.4 Å². The highest BCUT2D eigenvalue weighted by Crippen LogP contribution is 2.41. The maximum absolute atomic E-state index is 11.0. The van der Waals surface area contributed by atoms with Crippen LogP contribution in [0.25, 0.3) is 0 Å². The molecule has 0 aromatic heterocycles. The smallest absolute Gasteiger partial charge is 0.134 e. The van der Waals surface area contributed by atoms with Crippen LogP contribution in [0.3, 0.4) is 0 Å². The molecule has 1 fully saturated rings. The monoisotopic (exact) mass is 208 g/mol. The maximum atomic E-state index is 11.0.